The molecule has 14 heavy (non-hydrogen) atoms. The minimum atomic E-state index is 0.766. The average Bonchev–Trinajstić information content (AvgIpc) is 2.58. The Morgan fingerprint density at radius 3 is 3.00 bits per heavy atom. The summed E-state index contributed by atoms with van der Waals surface area (Å²) in [5.41, 5.74) is 0. The van der Waals surface area contributed by atoms with Gasteiger partial charge in [0, 0.05) is 25.8 Å². The predicted octanol–water partition coefficient (Wildman–Crippen LogP) is 1.10. The number of hydrogen-bond donors (Lipinski definition) is 1. The lowest BCUT2D eigenvalue weighted by Gasteiger charge is -2.19. The van der Waals surface area contributed by atoms with Gasteiger partial charge in [-0.25, -0.2) is 0 Å². The van der Waals surface area contributed by atoms with Crippen LogP contribution in [0.25, 0.3) is 0 Å². The summed E-state index contributed by atoms with van der Waals surface area (Å²) in [7, 11) is 2.22. The predicted molar refractivity (Wildman–Crippen MR) is 59.6 cm³/mol. The molecule has 1 N–H and O–H groups in total. The highest BCUT2D eigenvalue weighted by molar-refractivity contribution is 4.77. The van der Waals surface area contributed by atoms with Crippen LogP contribution in [0.2, 0.25) is 0 Å². The molecule has 1 atom stereocenters. The Hall–Kier alpha value is -0.120. The number of likely N-dealkylation sites (N-methyl/N-ethyl adjacent to an activating group) is 1. The third-order valence-electron chi connectivity index (χ3n) is 2.90. The van der Waals surface area contributed by atoms with Crippen LogP contribution in [0.3, 0.4) is 0 Å². The van der Waals surface area contributed by atoms with Crippen LogP contribution in [0.5, 0.6) is 0 Å². The zero-order valence-electron chi connectivity index (χ0n) is 9.59. The van der Waals surface area contributed by atoms with Crippen molar-refractivity contribution >= 4 is 0 Å². The largest absolute Gasteiger partial charge is 0.382 e. The molecule has 0 amide bonds. The van der Waals surface area contributed by atoms with Gasteiger partial charge in [0.05, 0.1) is 0 Å². The van der Waals surface area contributed by atoms with Crippen LogP contribution in [0.15, 0.2) is 0 Å². The van der Waals surface area contributed by atoms with E-state index in [0.29, 0.717) is 0 Å². The summed E-state index contributed by atoms with van der Waals surface area (Å²) in [5, 5.41) is 3.49. The number of hydrogen-bond acceptors (Lipinski definition) is 3. The van der Waals surface area contributed by atoms with Gasteiger partial charge in [-0.3, -0.25) is 0 Å². The minimum Gasteiger partial charge on any atom is -0.382 e. The van der Waals surface area contributed by atoms with Gasteiger partial charge in [0.25, 0.3) is 0 Å². The quantitative estimate of drug-likeness (QED) is 0.623. The molecule has 1 aliphatic rings. The van der Waals surface area contributed by atoms with Crippen molar-refractivity contribution < 1.29 is 4.74 Å². The van der Waals surface area contributed by atoms with Gasteiger partial charge >= 0.3 is 0 Å². The second-order valence-electron chi connectivity index (χ2n) is 4.03. The number of likely N-dealkylation sites (tertiary alicyclic amines) is 1. The van der Waals surface area contributed by atoms with Crippen molar-refractivity contribution in [1.29, 1.82) is 0 Å². The van der Waals surface area contributed by atoms with Gasteiger partial charge in [-0.1, -0.05) is 0 Å². The number of nitrogens with zero attached hydrogens (tertiary/aromatic N) is 1. The Balaban J connectivity index is 1.88. The van der Waals surface area contributed by atoms with Crippen LogP contribution in [-0.4, -0.2) is 50.8 Å². The first-order chi connectivity index (χ1) is 6.84. The molecule has 84 valence electrons. The van der Waals surface area contributed by atoms with Crippen molar-refractivity contribution in [2.45, 2.75) is 32.2 Å². The highest BCUT2D eigenvalue weighted by atomic mass is 16.5. The molecule has 0 aromatic heterocycles. The second-order valence-corrected chi connectivity index (χ2v) is 4.03. The molecule has 1 heterocycles. The SMILES string of the molecule is CCOCCCNCC1CCCN1C. The summed E-state index contributed by atoms with van der Waals surface area (Å²) in [6.45, 7) is 7.27. The molecule has 0 aromatic rings. The standard InChI is InChI=1S/C11H24N2O/c1-3-14-9-5-7-12-10-11-6-4-8-13(11)2/h11-12H,3-10H2,1-2H3. The van der Waals surface area contributed by atoms with Crippen LogP contribution in [-0.2, 0) is 4.74 Å². The highest BCUT2D eigenvalue weighted by Gasteiger charge is 2.19. The van der Waals surface area contributed by atoms with E-state index >= 15 is 0 Å². The third-order valence-corrected chi connectivity index (χ3v) is 2.90. The van der Waals surface area contributed by atoms with Gasteiger partial charge < -0.3 is 15.0 Å². The maximum absolute atomic E-state index is 5.28. The second kappa shape index (κ2) is 7.21. The fourth-order valence-electron chi connectivity index (χ4n) is 1.95. The van der Waals surface area contributed by atoms with E-state index in [1.807, 2.05) is 6.92 Å². The molecular weight excluding hydrogens is 176 g/mol. The maximum atomic E-state index is 5.28. The molecule has 0 saturated carbocycles. The molecule has 1 fully saturated rings. The van der Waals surface area contributed by atoms with Crippen molar-refractivity contribution in [3.05, 3.63) is 0 Å². The van der Waals surface area contributed by atoms with Crippen LogP contribution in [0, 0.1) is 0 Å². The van der Waals surface area contributed by atoms with Gasteiger partial charge in [0.15, 0.2) is 0 Å². The molecule has 1 rings (SSSR count). The zero-order valence-corrected chi connectivity index (χ0v) is 9.59. The third kappa shape index (κ3) is 4.40. The summed E-state index contributed by atoms with van der Waals surface area (Å²) < 4.78 is 5.28. The first kappa shape index (κ1) is 12.0. The smallest absolute Gasteiger partial charge is 0.0477 e. The summed E-state index contributed by atoms with van der Waals surface area (Å²) in [5.74, 6) is 0. The molecule has 0 aromatic carbocycles. The van der Waals surface area contributed by atoms with Gasteiger partial charge in [0.2, 0.25) is 0 Å². The summed E-state index contributed by atoms with van der Waals surface area (Å²) in [6.07, 6.45) is 3.85. The van der Waals surface area contributed by atoms with E-state index in [-0.39, 0.29) is 0 Å². The van der Waals surface area contributed by atoms with Crippen LogP contribution in [0.1, 0.15) is 26.2 Å². The van der Waals surface area contributed by atoms with E-state index < -0.39 is 0 Å². The van der Waals surface area contributed by atoms with E-state index in [4.69, 9.17) is 4.74 Å². The maximum Gasteiger partial charge on any atom is 0.0477 e. The zero-order chi connectivity index (χ0) is 10.2. The highest BCUT2D eigenvalue weighted by Crippen LogP contribution is 2.13. The van der Waals surface area contributed by atoms with Gasteiger partial charge in [0.1, 0.15) is 0 Å². The van der Waals surface area contributed by atoms with Crippen LogP contribution >= 0.6 is 0 Å². The van der Waals surface area contributed by atoms with Crippen molar-refractivity contribution in [3.8, 4) is 0 Å². The van der Waals surface area contributed by atoms with E-state index in [0.717, 1.165) is 38.8 Å². The van der Waals surface area contributed by atoms with Gasteiger partial charge in [-0.05, 0) is 46.3 Å². The van der Waals surface area contributed by atoms with Gasteiger partial charge in [-0.15, -0.1) is 0 Å². The lowest BCUT2D eigenvalue weighted by molar-refractivity contribution is 0.144. The molecule has 0 aliphatic carbocycles. The molecule has 0 radical (unpaired) electrons. The fraction of sp³-hybridized carbons (Fsp3) is 1.00. The van der Waals surface area contributed by atoms with Crippen molar-refractivity contribution in [2.24, 2.45) is 0 Å². The van der Waals surface area contributed by atoms with Crippen molar-refractivity contribution in [3.63, 3.8) is 0 Å². The normalized spacial score (nSPS) is 23.1. The molecule has 3 heteroatoms. The monoisotopic (exact) mass is 200 g/mol. The van der Waals surface area contributed by atoms with E-state index in [1.165, 1.54) is 19.4 Å². The van der Waals surface area contributed by atoms with Crippen LogP contribution < -0.4 is 5.32 Å². The molecule has 1 saturated heterocycles. The minimum absolute atomic E-state index is 0.766. The lowest BCUT2D eigenvalue weighted by Crippen LogP contribution is -2.35. The first-order valence-electron chi connectivity index (χ1n) is 5.83. The number of nitrogens with one attached hydrogen (secondary N) is 1. The molecule has 3 nitrogen and oxygen atoms in total. The van der Waals surface area contributed by atoms with Gasteiger partial charge in [-0.2, -0.15) is 0 Å². The molecule has 1 unspecified atom stereocenters. The Kier molecular flexibility index (Phi) is 6.15. The number of rotatable bonds is 7. The molecular formula is C11H24N2O. The van der Waals surface area contributed by atoms with E-state index in [2.05, 4.69) is 17.3 Å². The average molecular weight is 200 g/mol. The van der Waals surface area contributed by atoms with Crippen molar-refractivity contribution in [1.82, 2.24) is 10.2 Å². The first-order valence-corrected chi connectivity index (χ1v) is 5.83. The molecule has 0 bridgehead atoms. The summed E-state index contributed by atoms with van der Waals surface area (Å²) >= 11 is 0. The topological polar surface area (TPSA) is 24.5 Å². The Morgan fingerprint density at radius 1 is 1.50 bits per heavy atom. The number of ether oxygens (including phenoxy) is 1. The fourth-order valence-corrected chi connectivity index (χ4v) is 1.95. The van der Waals surface area contributed by atoms with E-state index in [1.54, 1.807) is 0 Å². The van der Waals surface area contributed by atoms with Crippen LogP contribution in [0.4, 0.5) is 0 Å². The lowest BCUT2D eigenvalue weighted by atomic mass is 10.2. The summed E-state index contributed by atoms with van der Waals surface area (Å²) in [4.78, 5) is 2.45. The Labute approximate surface area is 87.8 Å². The van der Waals surface area contributed by atoms with Crippen molar-refractivity contribution in [2.75, 3.05) is 39.9 Å². The molecule has 0 spiro atoms. The Morgan fingerprint density at radius 2 is 2.36 bits per heavy atom. The summed E-state index contributed by atoms with van der Waals surface area (Å²) in [6, 6.07) is 0.766. The molecule has 1 aliphatic heterocycles. The van der Waals surface area contributed by atoms with E-state index in [9.17, 15) is 0 Å². The Bertz CT molecular complexity index is 141.